The highest BCUT2D eigenvalue weighted by molar-refractivity contribution is 5.53. The predicted molar refractivity (Wildman–Crippen MR) is 208 cm³/mol. The van der Waals surface area contributed by atoms with Crippen molar-refractivity contribution in [2.45, 2.75) is 73.2 Å². The average Bonchev–Trinajstić information content (AvgIpc) is 3.16. The van der Waals surface area contributed by atoms with Crippen LogP contribution in [0.1, 0.15) is 63.3 Å². The topological polar surface area (TPSA) is 153 Å². The zero-order valence-corrected chi connectivity index (χ0v) is 33.5. The van der Waals surface area contributed by atoms with Gasteiger partial charge < -0.3 is 62.7 Å². The Morgan fingerprint density at radius 1 is 0.509 bits per heavy atom. The quantitative estimate of drug-likeness (QED) is 0.0688. The highest BCUT2D eigenvalue weighted by Crippen LogP contribution is 2.39. The maximum atomic E-state index is 11.0. The van der Waals surface area contributed by atoms with E-state index < -0.39 is 0 Å². The van der Waals surface area contributed by atoms with Gasteiger partial charge in [-0.05, 0) is 93.6 Å². The molecule has 0 spiro atoms. The molecule has 0 aromatic heterocycles. The fourth-order valence-corrected chi connectivity index (χ4v) is 5.09. The van der Waals surface area contributed by atoms with Crippen LogP contribution in [0.25, 0.3) is 0 Å². The van der Waals surface area contributed by atoms with Crippen LogP contribution in [0.15, 0.2) is 42.5 Å². The molecular weight excluding hydrogens is 712 g/mol. The molecule has 0 aliphatic rings. The minimum atomic E-state index is -0.203. The van der Waals surface area contributed by atoms with E-state index in [1.54, 1.807) is 12.1 Å². The Bertz CT molecular complexity index is 1490. The molecule has 3 rings (SSSR count). The lowest BCUT2D eigenvalue weighted by molar-refractivity contribution is -0.0433. The summed E-state index contributed by atoms with van der Waals surface area (Å²) in [6.45, 7) is 15.9. The van der Waals surface area contributed by atoms with Crippen LogP contribution in [0.2, 0.25) is 0 Å². The second-order valence-electron chi connectivity index (χ2n) is 13.5. The summed E-state index contributed by atoms with van der Waals surface area (Å²) >= 11 is 0. The number of rotatable bonds is 29. The summed E-state index contributed by atoms with van der Waals surface area (Å²) < 4.78 is 58.2. The number of aliphatic hydroxyl groups is 2. The molecule has 55 heavy (non-hydrogen) atoms. The zero-order valence-electron chi connectivity index (χ0n) is 33.5. The van der Waals surface area contributed by atoms with Crippen molar-refractivity contribution in [2.24, 2.45) is 0 Å². The number of phenolic OH excluding ortho intramolecular Hbond substituents is 1. The Morgan fingerprint density at radius 3 is 1.60 bits per heavy atom. The molecular formula is C42H62O13. The third-order valence-electron chi connectivity index (χ3n) is 7.77. The highest BCUT2D eigenvalue weighted by Gasteiger charge is 2.16. The molecule has 3 N–H and O–H groups in total. The minimum Gasteiger partial charge on any atom is -0.504 e. The van der Waals surface area contributed by atoms with Crippen LogP contribution in [-0.2, 0) is 38.6 Å². The summed E-state index contributed by atoms with van der Waals surface area (Å²) in [6, 6.07) is 12.9. The second-order valence-corrected chi connectivity index (χ2v) is 13.5. The van der Waals surface area contributed by atoms with Crippen LogP contribution in [0.3, 0.4) is 0 Å². The van der Waals surface area contributed by atoms with E-state index in [2.05, 4.69) is 6.92 Å². The fraction of sp³-hybridized carbons (Fsp3) is 0.571. The molecule has 0 fully saturated rings. The first-order valence-corrected chi connectivity index (χ1v) is 19.1. The van der Waals surface area contributed by atoms with Crippen molar-refractivity contribution in [3.63, 3.8) is 0 Å². The van der Waals surface area contributed by atoms with Crippen molar-refractivity contribution in [3.05, 3.63) is 64.7 Å². The number of benzene rings is 3. The zero-order chi connectivity index (χ0) is 39.9. The lowest BCUT2D eigenvalue weighted by Crippen LogP contribution is -2.22. The van der Waals surface area contributed by atoms with E-state index in [0.29, 0.717) is 61.6 Å². The number of hydrogen-bond donors (Lipinski definition) is 3. The van der Waals surface area contributed by atoms with Gasteiger partial charge in [-0.25, -0.2) is 0 Å². The van der Waals surface area contributed by atoms with Crippen molar-refractivity contribution in [1.82, 2.24) is 0 Å². The maximum Gasteiger partial charge on any atom is 0.203 e. The van der Waals surface area contributed by atoms with Gasteiger partial charge >= 0.3 is 0 Å². The molecule has 0 bridgehead atoms. The molecule has 0 amide bonds. The Labute approximate surface area is 326 Å². The van der Waals surface area contributed by atoms with Crippen LogP contribution >= 0.6 is 0 Å². The van der Waals surface area contributed by atoms with Crippen molar-refractivity contribution >= 4 is 0 Å². The highest BCUT2D eigenvalue weighted by atomic mass is 16.6. The van der Waals surface area contributed by atoms with Crippen LogP contribution in [-0.4, -0.2) is 107 Å². The minimum absolute atomic E-state index is 0.0914. The number of hydrogen-bond acceptors (Lipinski definition) is 13. The van der Waals surface area contributed by atoms with Crippen molar-refractivity contribution in [1.29, 1.82) is 0 Å². The van der Waals surface area contributed by atoms with Gasteiger partial charge in [0.05, 0.1) is 71.7 Å². The standard InChI is InChI=1S/C42H62O13/c1-7-11-49-38-25-34(26-39(31(38)3)50-13-10-44)30-54-36-23-32(8-2)22-35(28-36)53-29-33-24-37(45)41(40(27-33)51-19-16-46-12-9-43)52-20-17-47-14-15-48-18-21-55-42(4,5)6/h22-28,43-45H,7-21,29-30H2,1-6H3. The molecule has 0 saturated carbocycles. The lowest BCUT2D eigenvalue weighted by Gasteiger charge is -2.19. The van der Waals surface area contributed by atoms with Gasteiger partial charge in [-0.1, -0.05) is 13.8 Å². The Hall–Kier alpha value is -3.98. The summed E-state index contributed by atoms with van der Waals surface area (Å²) in [7, 11) is 0. The molecule has 13 nitrogen and oxygen atoms in total. The molecule has 3 aromatic carbocycles. The third kappa shape index (κ3) is 17.6. The van der Waals surface area contributed by atoms with E-state index >= 15 is 0 Å². The van der Waals surface area contributed by atoms with Gasteiger partial charge in [0.15, 0.2) is 11.5 Å². The Morgan fingerprint density at radius 2 is 1.02 bits per heavy atom. The fourth-order valence-electron chi connectivity index (χ4n) is 5.09. The molecule has 0 radical (unpaired) electrons. The molecule has 0 heterocycles. The SMILES string of the molecule is CCCOc1cc(COc2cc(CC)cc(OCc3cc(O)c(OCCOCCOCCOC(C)(C)C)c(OCCOCCO)c3)c2)cc(OCCO)c1C. The largest absolute Gasteiger partial charge is 0.504 e. The van der Waals surface area contributed by atoms with Crippen molar-refractivity contribution < 1.29 is 62.7 Å². The van der Waals surface area contributed by atoms with E-state index in [1.165, 1.54) is 0 Å². The number of ether oxygens (including phenoxy) is 10. The normalized spacial score (nSPS) is 11.4. The number of aliphatic hydroxyl groups excluding tert-OH is 2. The van der Waals surface area contributed by atoms with Crippen LogP contribution in [0.5, 0.6) is 40.2 Å². The summed E-state index contributed by atoms with van der Waals surface area (Å²) in [5, 5.41) is 29.3. The van der Waals surface area contributed by atoms with E-state index in [0.717, 1.165) is 35.3 Å². The van der Waals surface area contributed by atoms with E-state index in [4.69, 9.17) is 52.5 Å². The van der Waals surface area contributed by atoms with Gasteiger partial charge in [-0.3, -0.25) is 0 Å². The smallest absolute Gasteiger partial charge is 0.203 e. The van der Waals surface area contributed by atoms with Crippen molar-refractivity contribution in [3.8, 4) is 40.2 Å². The number of aryl methyl sites for hydroxylation is 1. The maximum absolute atomic E-state index is 11.0. The first-order chi connectivity index (χ1) is 26.6. The van der Waals surface area contributed by atoms with Gasteiger partial charge in [0.25, 0.3) is 0 Å². The average molecular weight is 775 g/mol. The molecule has 3 aromatic rings. The Kier molecular flexibility index (Phi) is 20.8. The van der Waals surface area contributed by atoms with Gasteiger partial charge in [0.2, 0.25) is 5.75 Å². The molecule has 13 heteroatoms. The van der Waals surface area contributed by atoms with E-state index in [1.807, 2.05) is 65.0 Å². The molecule has 0 unspecified atom stereocenters. The van der Waals surface area contributed by atoms with Gasteiger partial charge in [-0.2, -0.15) is 0 Å². The summed E-state index contributed by atoms with van der Waals surface area (Å²) in [4.78, 5) is 0. The van der Waals surface area contributed by atoms with Gasteiger partial charge in [-0.15, -0.1) is 0 Å². The monoisotopic (exact) mass is 774 g/mol. The molecule has 0 aliphatic heterocycles. The first kappa shape index (κ1) is 45.4. The van der Waals surface area contributed by atoms with Crippen LogP contribution < -0.4 is 28.4 Å². The molecule has 0 saturated heterocycles. The summed E-state index contributed by atoms with van der Waals surface area (Å²) in [5.74, 6) is 2.98. The number of aromatic hydroxyl groups is 1. The summed E-state index contributed by atoms with van der Waals surface area (Å²) in [6.07, 6.45) is 1.63. The lowest BCUT2D eigenvalue weighted by atomic mass is 10.1. The number of phenols is 1. The first-order valence-electron chi connectivity index (χ1n) is 19.1. The molecule has 0 aliphatic carbocycles. The predicted octanol–water partition coefficient (Wildman–Crippen LogP) is 6.20. The van der Waals surface area contributed by atoms with Gasteiger partial charge in [0, 0.05) is 11.6 Å². The van der Waals surface area contributed by atoms with Crippen LogP contribution in [0, 0.1) is 6.92 Å². The molecule has 0 atom stereocenters. The van der Waals surface area contributed by atoms with Crippen LogP contribution in [0.4, 0.5) is 0 Å². The molecule has 308 valence electrons. The van der Waals surface area contributed by atoms with E-state index in [-0.39, 0.29) is 83.2 Å². The summed E-state index contributed by atoms with van der Waals surface area (Å²) in [5.41, 5.74) is 3.20. The van der Waals surface area contributed by atoms with E-state index in [9.17, 15) is 10.2 Å². The van der Waals surface area contributed by atoms with Crippen molar-refractivity contribution in [2.75, 3.05) is 85.9 Å². The second kappa shape index (κ2) is 25.2. The Balaban J connectivity index is 1.64. The third-order valence-corrected chi connectivity index (χ3v) is 7.77. The van der Waals surface area contributed by atoms with Gasteiger partial charge in [0.1, 0.15) is 56.0 Å².